The molecular weight excluding hydrogens is 158 g/mol. The van der Waals surface area contributed by atoms with E-state index in [1.165, 1.54) is 11.1 Å². The average molecular weight is 179 g/mol. The molecule has 1 nitrogen and oxygen atoms in total. The molecule has 0 heterocycles. The van der Waals surface area contributed by atoms with Crippen LogP contribution in [0.1, 0.15) is 40.5 Å². The first-order chi connectivity index (χ1) is 6.21. The van der Waals surface area contributed by atoms with Gasteiger partial charge in [0.25, 0.3) is 0 Å². The molecule has 0 radical (unpaired) electrons. The van der Waals surface area contributed by atoms with Crippen LogP contribution in [0.3, 0.4) is 0 Å². The van der Waals surface area contributed by atoms with E-state index in [0.717, 1.165) is 18.5 Å². The normalized spacial score (nSPS) is 14.9. The molecule has 0 spiro atoms. The zero-order valence-corrected chi connectivity index (χ0v) is 9.22. The van der Waals surface area contributed by atoms with Crippen molar-refractivity contribution in [2.75, 3.05) is 0 Å². The van der Waals surface area contributed by atoms with Crippen molar-refractivity contribution in [3.05, 3.63) is 35.1 Å². The van der Waals surface area contributed by atoms with Crippen molar-refractivity contribution in [3.8, 4) is 0 Å². The molecular formula is C12H21N. The first kappa shape index (κ1) is 12.0. The Balaban J connectivity index is 5.02. The van der Waals surface area contributed by atoms with Gasteiger partial charge in [0.1, 0.15) is 0 Å². The van der Waals surface area contributed by atoms with Gasteiger partial charge in [-0.05, 0) is 37.8 Å². The van der Waals surface area contributed by atoms with E-state index in [1.54, 1.807) is 0 Å². The maximum absolute atomic E-state index is 5.94. The van der Waals surface area contributed by atoms with Gasteiger partial charge in [0.15, 0.2) is 0 Å². The first-order valence-electron chi connectivity index (χ1n) is 4.98. The molecule has 0 bridgehead atoms. The topological polar surface area (TPSA) is 26.0 Å². The van der Waals surface area contributed by atoms with E-state index in [1.807, 2.05) is 13.0 Å². The Morgan fingerprint density at radius 2 is 1.77 bits per heavy atom. The van der Waals surface area contributed by atoms with E-state index < -0.39 is 0 Å². The summed E-state index contributed by atoms with van der Waals surface area (Å²) >= 11 is 0. The lowest BCUT2D eigenvalue weighted by Gasteiger charge is -2.09. The zero-order chi connectivity index (χ0) is 10.3. The highest BCUT2D eigenvalue weighted by atomic mass is 14.6. The molecule has 1 heteroatoms. The third-order valence-corrected chi connectivity index (χ3v) is 2.14. The zero-order valence-electron chi connectivity index (χ0n) is 9.22. The molecule has 0 aromatic heterocycles. The van der Waals surface area contributed by atoms with E-state index in [9.17, 15) is 0 Å². The SMILES string of the molecule is C\C=C/C(=C(/N)CC)C(=C/C)/CC. The van der Waals surface area contributed by atoms with Crippen molar-refractivity contribution in [1.82, 2.24) is 0 Å². The minimum atomic E-state index is 0.914. The highest BCUT2D eigenvalue weighted by molar-refractivity contribution is 5.42. The molecule has 0 aromatic carbocycles. The smallest absolute Gasteiger partial charge is 0.0154 e. The highest BCUT2D eigenvalue weighted by Crippen LogP contribution is 2.18. The molecule has 0 rings (SSSR count). The lowest BCUT2D eigenvalue weighted by Crippen LogP contribution is -2.02. The lowest BCUT2D eigenvalue weighted by molar-refractivity contribution is 1.01. The summed E-state index contributed by atoms with van der Waals surface area (Å²) in [6.07, 6.45) is 8.22. The Bertz CT molecular complexity index is 232. The molecule has 74 valence electrons. The number of allylic oxidation sites excluding steroid dienone is 6. The second-order valence-electron chi connectivity index (χ2n) is 2.96. The lowest BCUT2D eigenvalue weighted by atomic mass is 10.00. The van der Waals surface area contributed by atoms with Crippen molar-refractivity contribution >= 4 is 0 Å². The Kier molecular flexibility index (Phi) is 6.03. The van der Waals surface area contributed by atoms with Crippen LogP contribution in [0.4, 0.5) is 0 Å². The van der Waals surface area contributed by atoms with Crippen LogP contribution in [0.2, 0.25) is 0 Å². The van der Waals surface area contributed by atoms with Crippen LogP contribution in [0.5, 0.6) is 0 Å². The molecule has 2 N–H and O–H groups in total. The molecule has 0 aliphatic rings. The van der Waals surface area contributed by atoms with Crippen molar-refractivity contribution in [2.24, 2.45) is 5.73 Å². The van der Waals surface area contributed by atoms with Crippen molar-refractivity contribution in [1.29, 1.82) is 0 Å². The minimum Gasteiger partial charge on any atom is -0.402 e. The number of nitrogens with two attached hydrogens (primary N) is 1. The minimum absolute atomic E-state index is 0.914. The van der Waals surface area contributed by atoms with E-state index in [-0.39, 0.29) is 0 Å². The molecule has 0 aliphatic heterocycles. The van der Waals surface area contributed by atoms with Crippen LogP contribution in [-0.2, 0) is 0 Å². The fourth-order valence-corrected chi connectivity index (χ4v) is 1.33. The highest BCUT2D eigenvalue weighted by Gasteiger charge is 2.02. The summed E-state index contributed by atoms with van der Waals surface area (Å²) in [7, 11) is 0. The van der Waals surface area contributed by atoms with Crippen LogP contribution in [0.15, 0.2) is 35.1 Å². The van der Waals surface area contributed by atoms with Crippen LogP contribution in [-0.4, -0.2) is 0 Å². The van der Waals surface area contributed by atoms with Gasteiger partial charge in [-0.3, -0.25) is 0 Å². The van der Waals surface area contributed by atoms with E-state index in [2.05, 4.69) is 32.9 Å². The van der Waals surface area contributed by atoms with Crippen molar-refractivity contribution in [3.63, 3.8) is 0 Å². The standard InChI is InChI=1S/C12H21N/c1-5-9-11(12(13)8-4)10(6-2)7-3/h5-6,9H,7-8,13H2,1-4H3/b9-5-,10-6+,12-11-. The molecule has 13 heavy (non-hydrogen) atoms. The largest absolute Gasteiger partial charge is 0.402 e. The Labute approximate surface area is 82.0 Å². The molecule has 0 fully saturated rings. The van der Waals surface area contributed by atoms with Gasteiger partial charge in [0.2, 0.25) is 0 Å². The van der Waals surface area contributed by atoms with Gasteiger partial charge in [-0.2, -0.15) is 0 Å². The summed E-state index contributed by atoms with van der Waals surface area (Å²) in [6, 6.07) is 0. The van der Waals surface area contributed by atoms with Gasteiger partial charge in [-0.1, -0.05) is 32.1 Å². The number of hydrogen-bond donors (Lipinski definition) is 1. The second-order valence-corrected chi connectivity index (χ2v) is 2.96. The molecule has 0 unspecified atom stereocenters. The van der Waals surface area contributed by atoms with Gasteiger partial charge >= 0.3 is 0 Å². The Morgan fingerprint density at radius 1 is 1.15 bits per heavy atom. The molecule has 0 saturated carbocycles. The van der Waals surface area contributed by atoms with E-state index in [4.69, 9.17) is 5.73 Å². The van der Waals surface area contributed by atoms with Gasteiger partial charge in [0, 0.05) is 5.70 Å². The van der Waals surface area contributed by atoms with Crippen LogP contribution in [0, 0.1) is 0 Å². The quantitative estimate of drug-likeness (QED) is 0.656. The maximum Gasteiger partial charge on any atom is 0.0154 e. The number of hydrogen-bond acceptors (Lipinski definition) is 1. The molecule has 0 saturated heterocycles. The van der Waals surface area contributed by atoms with Crippen molar-refractivity contribution < 1.29 is 0 Å². The fourth-order valence-electron chi connectivity index (χ4n) is 1.33. The maximum atomic E-state index is 5.94. The summed E-state index contributed by atoms with van der Waals surface area (Å²) in [6.45, 7) is 8.32. The van der Waals surface area contributed by atoms with E-state index in [0.29, 0.717) is 0 Å². The third kappa shape index (κ3) is 3.49. The van der Waals surface area contributed by atoms with Gasteiger partial charge in [-0.15, -0.1) is 0 Å². The third-order valence-electron chi connectivity index (χ3n) is 2.14. The first-order valence-corrected chi connectivity index (χ1v) is 4.98. The molecule has 0 aliphatic carbocycles. The predicted molar refractivity (Wildman–Crippen MR) is 60.4 cm³/mol. The average Bonchev–Trinajstić information content (AvgIpc) is 2.17. The molecule has 0 atom stereocenters. The summed E-state index contributed by atoms with van der Waals surface area (Å²) in [5.41, 5.74) is 9.46. The summed E-state index contributed by atoms with van der Waals surface area (Å²) in [4.78, 5) is 0. The predicted octanol–water partition coefficient (Wildman–Crippen LogP) is 3.54. The Morgan fingerprint density at radius 3 is 2.08 bits per heavy atom. The molecule has 0 amide bonds. The summed E-state index contributed by atoms with van der Waals surface area (Å²) in [5.74, 6) is 0. The van der Waals surface area contributed by atoms with Crippen molar-refractivity contribution in [2.45, 2.75) is 40.5 Å². The Hall–Kier alpha value is -0.980. The second kappa shape index (κ2) is 6.53. The van der Waals surface area contributed by atoms with Gasteiger partial charge in [-0.25, -0.2) is 0 Å². The molecule has 0 aromatic rings. The van der Waals surface area contributed by atoms with Gasteiger partial charge in [0.05, 0.1) is 0 Å². The summed E-state index contributed by atoms with van der Waals surface area (Å²) in [5, 5.41) is 0. The van der Waals surface area contributed by atoms with Crippen LogP contribution in [0.25, 0.3) is 0 Å². The van der Waals surface area contributed by atoms with Crippen LogP contribution < -0.4 is 5.73 Å². The monoisotopic (exact) mass is 179 g/mol. The number of rotatable bonds is 4. The van der Waals surface area contributed by atoms with Gasteiger partial charge < -0.3 is 5.73 Å². The van der Waals surface area contributed by atoms with E-state index >= 15 is 0 Å². The fraction of sp³-hybridized carbons (Fsp3) is 0.500. The van der Waals surface area contributed by atoms with Crippen LogP contribution >= 0.6 is 0 Å². The summed E-state index contributed by atoms with van der Waals surface area (Å²) < 4.78 is 0.